The summed E-state index contributed by atoms with van der Waals surface area (Å²) >= 11 is 2.66. The van der Waals surface area contributed by atoms with Crippen molar-refractivity contribution in [1.82, 2.24) is 30.1 Å². The second kappa shape index (κ2) is 5.82. The highest BCUT2D eigenvalue weighted by molar-refractivity contribution is 7.99. The maximum atomic E-state index is 11.9. The van der Waals surface area contributed by atoms with Crippen molar-refractivity contribution in [3.63, 3.8) is 0 Å². The summed E-state index contributed by atoms with van der Waals surface area (Å²) in [5, 5.41) is 14.9. The lowest BCUT2D eigenvalue weighted by atomic mass is 10.2. The smallest absolute Gasteiger partial charge is 0.277 e. The van der Waals surface area contributed by atoms with E-state index < -0.39 is 0 Å². The zero-order valence-corrected chi connectivity index (χ0v) is 12.9. The second-order valence-corrected chi connectivity index (χ2v) is 6.03. The van der Waals surface area contributed by atoms with Crippen LogP contribution in [0.2, 0.25) is 0 Å². The highest BCUT2D eigenvalue weighted by Gasteiger charge is 2.15. The third-order valence-corrected chi connectivity index (χ3v) is 4.17. The topological polar surface area (TPSA) is 98.2 Å². The van der Waals surface area contributed by atoms with Crippen molar-refractivity contribution in [2.45, 2.75) is 25.1 Å². The van der Waals surface area contributed by atoms with Crippen LogP contribution in [0.5, 0.6) is 0 Å². The highest BCUT2D eigenvalue weighted by atomic mass is 32.2. The number of rotatable bonds is 5. The fraction of sp³-hybridized carbons (Fsp3) is 0.364. The molecule has 8 nitrogen and oxygen atoms in total. The highest BCUT2D eigenvalue weighted by Crippen LogP contribution is 2.17. The van der Waals surface area contributed by atoms with E-state index in [-0.39, 0.29) is 17.7 Å². The first-order valence-corrected chi connectivity index (χ1v) is 7.99. The Morgan fingerprint density at radius 3 is 3.14 bits per heavy atom. The molecule has 1 unspecified atom stereocenters. The number of carbonyl (C=O) groups is 1. The molecule has 0 saturated heterocycles. The minimum absolute atomic E-state index is 0.118. The fourth-order valence-corrected chi connectivity index (χ4v) is 2.91. The van der Waals surface area contributed by atoms with Crippen LogP contribution < -0.4 is 5.32 Å². The number of amides is 1. The Bertz CT molecular complexity index is 735. The number of thioether (sulfide) groups is 1. The van der Waals surface area contributed by atoms with Crippen molar-refractivity contribution < 1.29 is 9.21 Å². The van der Waals surface area contributed by atoms with Crippen molar-refractivity contribution in [3.05, 3.63) is 23.3 Å². The van der Waals surface area contributed by atoms with Gasteiger partial charge < -0.3 is 9.73 Å². The molecule has 10 heteroatoms. The van der Waals surface area contributed by atoms with Gasteiger partial charge in [0, 0.05) is 6.92 Å². The zero-order valence-electron chi connectivity index (χ0n) is 11.3. The maximum Gasteiger partial charge on any atom is 0.277 e. The van der Waals surface area contributed by atoms with E-state index in [9.17, 15) is 4.79 Å². The number of imidazole rings is 1. The Kier molecular flexibility index (Phi) is 3.88. The molecule has 21 heavy (non-hydrogen) atoms. The molecule has 1 atom stereocenters. The van der Waals surface area contributed by atoms with Crippen LogP contribution in [0.15, 0.2) is 21.3 Å². The molecule has 0 radical (unpaired) electrons. The van der Waals surface area contributed by atoms with Crippen molar-refractivity contribution in [2.75, 3.05) is 5.75 Å². The first-order chi connectivity index (χ1) is 10.1. The molecule has 0 aliphatic heterocycles. The first-order valence-electron chi connectivity index (χ1n) is 6.13. The van der Waals surface area contributed by atoms with Gasteiger partial charge in [0.15, 0.2) is 0 Å². The molecular weight excluding hydrogens is 312 g/mol. The molecule has 110 valence electrons. The van der Waals surface area contributed by atoms with Crippen molar-refractivity contribution in [2.24, 2.45) is 0 Å². The molecule has 0 aliphatic rings. The molecular formula is C11H12N6O2S2. The Morgan fingerprint density at radius 2 is 2.43 bits per heavy atom. The fourth-order valence-electron chi connectivity index (χ4n) is 1.69. The molecule has 3 aromatic heterocycles. The van der Waals surface area contributed by atoms with Gasteiger partial charge in [-0.15, -0.1) is 10.2 Å². The number of hydrogen-bond donors (Lipinski definition) is 1. The van der Waals surface area contributed by atoms with Crippen molar-refractivity contribution in [3.8, 4) is 0 Å². The summed E-state index contributed by atoms with van der Waals surface area (Å²) in [6.07, 6.45) is 1.81. The minimum atomic E-state index is -0.184. The Balaban J connectivity index is 1.55. The van der Waals surface area contributed by atoms with Gasteiger partial charge in [-0.25, -0.2) is 9.50 Å². The normalized spacial score (nSPS) is 12.7. The van der Waals surface area contributed by atoms with E-state index in [2.05, 4.69) is 25.6 Å². The summed E-state index contributed by atoms with van der Waals surface area (Å²) in [6, 6.07) is -0.184. The molecule has 1 N–H and O–H groups in total. The molecule has 0 aromatic carbocycles. The van der Waals surface area contributed by atoms with Crippen LogP contribution in [0.4, 0.5) is 0 Å². The quantitative estimate of drug-likeness (QED) is 0.709. The summed E-state index contributed by atoms with van der Waals surface area (Å²) in [7, 11) is 0. The van der Waals surface area contributed by atoms with E-state index in [0.29, 0.717) is 11.1 Å². The van der Waals surface area contributed by atoms with E-state index in [1.54, 1.807) is 16.9 Å². The van der Waals surface area contributed by atoms with Crippen LogP contribution in [0.3, 0.4) is 0 Å². The Hall–Kier alpha value is -1.94. The van der Waals surface area contributed by atoms with Crippen LogP contribution in [0.25, 0.3) is 4.96 Å². The van der Waals surface area contributed by atoms with E-state index in [0.717, 1.165) is 10.7 Å². The van der Waals surface area contributed by atoms with Gasteiger partial charge in [-0.2, -0.15) is 5.10 Å². The number of hydrogen-bond acceptors (Lipinski definition) is 8. The SMILES string of the molecule is Cc1nnc(SCC(=O)NC(C)c2cn3ncsc3n2)o1. The summed E-state index contributed by atoms with van der Waals surface area (Å²) in [5.74, 6) is 0.580. The first kappa shape index (κ1) is 14.0. The molecule has 3 heterocycles. The van der Waals surface area contributed by atoms with Gasteiger partial charge in [0.1, 0.15) is 5.51 Å². The predicted molar refractivity (Wildman–Crippen MR) is 77.2 cm³/mol. The lowest BCUT2D eigenvalue weighted by Gasteiger charge is -2.10. The molecule has 1 amide bonds. The van der Waals surface area contributed by atoms with Crippen molar-refractivity contribution in [1.29, 1.82) is 0 Å². The number of fused-ring (bicyclic) bond motifs is 1. The van der Waals surface area contributed by atoms with Gasteiger partial charge >= 0.3 is 0 Å². The zero-order chi connectivity index (χ0) is 14.8. The van der Waals surface area contributed by atoms with Crippen LogP contribution in [0.1, 0.15) is 24.6 Å². The number of aromatic nitrogens is 5. The number of nitrogens with one attached hydrogen (secondary N) is 1. The van der Waals surface area contributed by atoms with Crippen LogP contribution in [-0.2, 0) is 4.79 Å². The number of carbonyl (C=O) groups excluding carboxylic acids is 1. The summed E-state index contributed by atoms with van der Waals surface area (Å²) in [5.41, 5.74) is 2.50. The molecule has 3 aromatic rings. The molecule has 0 aliphatic carbocycles. The average Bonchev–Trinajstić information content (AvgIpc) is 3.11. The van der Waals surface area contributed by atoms with Gasteiger partial charge in [0.2, 0.25) is 16.8 Å². The standard InChI is InChI=1S/C11H12N6O2S2/c1-6(8-3-17-10(14-8)21-5-12-17)13-9(18)4-20-11-16-15-7(2)19-11/h3,5-6H,4H2,1-2H3,(H,13,18). The van der Waals surface area contributed by atoms with Gasteiger partial charge in [-0.3, -0.25) is 4.79 Å². The van der Waals surface area contributed by atoms with Gasteiger partial charge in [-0.1, -0.05) is 23.1 Å². The molecule has 0 spiro atoms. The van der Waals surface area contributed by atoms with E-state index in [1.165, 1.54) is 23.1 Å². The summed E-state index contributed by atoms with van der Waals surface area (Å²) < 4.78 is 6.88. The minimum Gasteiger partial charge on any atom is -0.416 e. The monoisotopic (exact) mass is 324 g/mol. The van der Waals surface area contributed by atoms with E-state index in [4.69, 9.17) is 4.42 Å². The van der Waals surface area contributed by atoms with Crippen LogP contribution in [0, 0.1) is 6.92 Å². The number of nitrogens with zero attached hydrogens (tertiary/aromatic N) is 5. The maximum absolute atomic E-state index is 11.9. The molecule has 0 saturated carbocycles. The van der Waals surface area contributed by atoms with Crippen LogP contribution >= 0.6 is 23.1 Å². The molecule has 0 fully saturated rings. The van der Waals surface area contributed by atoms with E-state index >= 15 is 0 Å². The number of aryl methyl sites for hydroxylation is 1. The van der Waals surface area contributed by atoms with Crippen molar-refractivity contribution >= 4 is 34.0 Å². The second-order valence-electron chi connectivity index (χ2n) is 4.30. The lowest BCUT2D eigenvalue weighted by Crippen LogP contribution is -2.28. The molecule has 0 bridgehead atoms. The van der Waals surface area contributed by atoms with Crippen LogP contribution in [-0.4, -0.2) is 36.5 Å². The predicted octanol–water partition coefficient (Wildman–Crippen LogP) is 1.45. The average molecular weight is 324 g/mol. The van der Waals surface area contributed by atoms with Gasteiger partial charge in [0.05, 0.1) is 23.7 Å². The van der Waals surface area contributed by atoms with Gasteiger partial charge in [-0.05, 0) is 6.92 Å². The third kappa shape index (κ3) is 3.22. The lowest BCUT2D eigenvalue weighted by molar-refractivity contribution is -0.119. The Labute approximate surface area is 128 Å². The van der Waals surface area contributed by atoms with E-state index in [1.807, 2.05) is 13.1 Å². The summed E-state index contributed by atoms with van der Waals surface area (Å²) in [4.78, 5) is 17.1. The third-order valence-electron chi connectivity index (χ3n) is 2.66. The largest absolute Gasteiger partial charge is 0.416 e. The Morgan fingerprint density at radius 1 is 1.57 bits per heavy atom. The summed E-state index contributed by atoms with van der Waals surface area (Å²) in [6.45, 7) is 3.59. The van der Waals surface area contributed by atoms with Gasteiger partial charge in [0.25, 0.3) is 5.22 Å². The molecule has 3 rings (SSSR count).